The molecule has 0 saturated carbocycles. The third-order valence-corrected chi connectivity index (χ3v) is 13.3. The Kier molecular flexibility index (Phi) is 33.3. The van der Waals surface area contributed by atoms with E-state index in [1.165, 1.54) is 48.5 Å². The van der Waals surface area contributed by atoms with E-state index in [2.05, 4.69) is 53.2 Å². The van der Waals surface area contributed by atoms with Crippen LogP contribution in [0.3, 0.4) is 0 Å². The van der Waals surface area contributed by atoms with E-state index < -0.39 is 226 Å². The van der Waals surface area contributed by atoms with Crippen LogP contribution < -0.4 is 76.1 Å². The van der Waals surface area contributed by atoms with Gasteiger partial charge in [0, 0.05) is 32.2 Å². The van der Waals surface area contributed by atoms with Crippen molar-refractivity contribution in [2.45, 2.75) is 158 Å². The minimum atomic E-state index is -2.11. The fourth-order valence-corrected chi connectivity index (χ4v) is 8.60. The number of phenolic OH excluding ortho intramolecular Hbond substituents is 1. The number of carbonyl (C=O) groups is 15. The molecule has 0 radical (unpaired) electrons. The lowest BCUT2D eigenvalue weighted by Gasteiger charge is -2.28. The Morgan fingerprint density at radius 2 is 0.848 bits per heavy atom. The van der Waals surface area contributed by atoms with Crippen LogP contribution in [0.5, 0.6) is 5.75 Å². The number of nitrogens with one attached hydrogen (secondary N) is 11. The first-order valence-electron chi connectivity index (χ1n) is 28.6. The number of amides is 11. The summed E-state index contributed by atoms with van der Waals surface area (Å²) < 4.78 is 0. The zero-order valence-electron chi connectivity index (χ0n) is 50.3. The van der Waals surface area contributed by atoms with Gasteiger partial charge in [0.15, 0.2) is 5.96 Å². The van der Waals surface area contributed by atoms with Crippen molar-refractivity contribution in [1.29, 1.82) is 5.41 Å². The molecule has 11 amide bonds. The molecule has 0 unspecified atom stereocenters. The summed E-state index contributed by atoms with van der Waals surface area (Å²) in [6, 6.07) is -4.47. The number of aliphatic hydroxyl groups excluding tert-OH is 1. The second kappa shape index (κ2) is 39.5. The molecule has 2 aromatic rings. The highest BCUT2D eigenvalue weighted by molar-refractivity contribution is 6.00. The van der Waals surface area contributed by atoms with Crippen LogP contribution in [0.25, 0.3) is 0 Å². The van der Waals surface area contributed by atoms with Gasteiger partial charge in [-0.25, -0.2) is 4.79 Å². The van der Waals surface area contributed by atoms with Crippen molar-refractivity contribution >= 4 is 94.8 Å². The van der Waals surface area contributed by atoms with Gasteiger partial charge >= 0.3 is 23.9 Å². The fourth-order valence-electron chi connectivity index (χ4n) is 8.60. The van der Waals surface area contributed by atoms with Gasteiger partial charge in [0.2, 0.25) is 65.0 Å². The highest BCUT2D eigenvalue weighted by Crippen LogP contribution is 2.14. The molecule has 0 heterocycles. The number of carboxylic acid groups (broad SMARTS) is 4. The maximum absolute atomic E-state index is 14.2. The largest absolute Gasteiger partial charge is 0.508 e. The monoisotopic (exact) mass is 1300 g/mol. The molecule has 0 fully saturated rings. The van der Waals surface area contributed by atoms with Crippen LogP contribution in [0, 0.1) is 11.3 Å². The molecule has 0 spiro atoms. The normalized spacial score (nSPS) is 14.1. The van der Waals surface area contributed by atoms with Crippen molar-refractivity contribution in [2.24, 2.45) is 28.9 Å². The van der Waals surface area contributed by atoms with Crippen LogP contribution in [0.1, 0.15) is 95.6 Å². The van der Waals surface area contributed by atoms with Crippen molar-refractivity contribution in [3.63, 3.8) is 0 Å². The van der Waals surface area contributed by atoms with E-state index in [0.717, 1.165) is 0 Å². The molecule has 0 aliphatic carbocycles. The standard InChI is InChI=1S/C56H81N15O21/c1-27(2)21-36(67-47(83)32(14-17-41(58)74)65-54(90)40(26-72)71-46(82)31(57)22-29-10-12-30(73)13-11-29)50(86)63-34(16-19-44(78)79)49(85)69-38(24-42(59)75)52(88)64-33(15-18-43(76)77)48(84)68-37(23-28-7-4-3-5-8-28)51(87)70-39(25-45(80)81)53(89)66-35(55(91)92)9-6-20-62-56(60)61/h3-5,7-8,10-13,27,31-40,72-73H,6,9,14-26,57H2,1-2H3,(H2,58,74)(H2,59,75)(H,63,86)(H,64,88)(H,65,90)(H,66,89)(H,67,83)(H,68,84)(H,69,85)(H,70,87)(H,71,82)(H,76,77)(H,78,79)(H,80,81)(H,91,92)(H4,60,61,62)/t31-,32-,33-,34-,35-,36-,37-,38-,39-,40-/m0/s1. The molecule has 25 N–H and O–H groups in total. The number of nitrogens with two attached hydrogens (primary N) is 4. The van der Waals surface area contributed by atoms with E-state index >= 15 is 0 Å². The summed E-state index contributed by atoms with van der Waals surface area (Å²) in [5.74, 6) is -20.4. The number of hydrogen-bond acceptors (Lipinski definition) is 19. The molecule has 0 aromatic heterocycles. The van der Waals surface area contributed by atoms with Crippen LogP contribution >= 0.6 is 0 Å². The van der Waals surface area contributed by atoms with Crippen LogP contribution in [-0.2, 0) is 84.8 Å². The Morgan fingerprint density at radius 1 is 0.446 bits per heavy atom. The molecule has 2 aromatic carbocycles. The van der Waals surface area contributed by atoms with Gasteiger partial charge < -0.3 is 107 Å². The van der Waals surface area contributed by atoms with Crippen molar-refractivity contribution in [3.05, 3.63) is 65.7 Å². The summed E-state index contributed by atoms with van der Waals surface area (Å²) in [6.45, 7) is 2.19. The summed E-state index contributed by atoms with van der Waals surface area (Å²) in [5, 5.41) is 88.3. The topological polar surface area (TPSA) is 626 Å². The first-order chi connectivity index (χ1) is 43.2. The highest BCUT2D eigenvalue weighted by atomic mass is 16.4. The summed E-state index contributed by atoms with van der Waals surface area (Å²) in [4.78, 5) is 197. The number of phenols is 1. The highest BCUT2D eigenvalue weighted by Gasteiger charge is 2.37. The second-order valence-electron chi connectivity index (χ2n) is 21.5. The zero-order valence-corrected chi connectivity index (χ0v) is 50.3. The average molecular weight is 1300 g/mol. The van der Waals surface area contributed by atoms with Crippen molar-refractivity contribution in [3.8, 4) is 5.75 Å². The Bertz CT molecular complexity index is 2950. The van der Waals surface area contributed by atoms with E-state index in [0.29, 0.717) is 11.1 Å². The Labute approximate surface area is 525 Å². The van der Waals surface area contributed by atoms with Gasteiger partial charge in [-0.05, 0) is 74.1 Å². The maximum atomic E-state index is 14.2. The van der Waals surface area contributed by atoms with E-state index in [1.807, 2.05) is 0 Å². The van der Waals surface area contributed by atoms with E-state index in [9.17, 15) is 103 Å². The molecule has 0 aliphatic rings. The number of guanidine groups is 1. The summed E-state index contributed by atoms with van der Waals surface area (Å²) in [5.41, 5.74) is 22.9. The van der Waals surface area contributed by atoms with Gasteiger partial charge in [0.25, 0.3) is 0 Å². The van der Waals surface area contributed by atoms with Crippen LogP contribution in [0.15, 0.2) is 54.6 Å². The zero-order chi connectivity index (χ0) is 69.4. The lowest BCUT2D eigenvalue weighted by atomic mass is 10.0. The number of benzene rings is 2. The van der Waals surface area contributed by atoms with E-state index in [-0.39, 0.29) is 38.0 Å². The quantitative estimate of drug-likeness (QED) is 0.0167. The number of primary amides is 2. The number of hydrogen-bond donors (Lipinski definition) is 21. The minimum Gasteiger partial charge on any atom is -0.508 e. The molecule has 0 aliphatic heterocycles. The SMILES string of the molecule is CC(C)C[C@H](NC(=O)[C@H](CCC(N)=O)NC(=O)[C@H](CO)NC(=O)[C@@H](N)Cc1ccc(O)cc1)C(=O)N[C@@H](CCC(=O)O)C(=O)N[C@@H](CC(N)=O)C(=O)N[C@@H](CCC(=O)O)C(=O)N[C@@H](Cc1ccccc1)C(=O)N[C@@H](CC(=O)O)C(=O)N[C@@H](CCCNC(=N)N)C(=O)O. The number of aliphatic carboxylic acids is 4. The van der Waals surface area contributed by atoms with E-state index in [4.69, 9.17) is 28.3 Å². The van der Waals surface area contributed by atoms with Gasteiger partial charge in [0.1, 0.15) is 60.1 Å². The van der Waals surface area contributed by atoms with Crippen LogP contribution in [0.2, 0.25) is 0 Å². The third-order valence-electron chi connectivity index (χ3n) is 13.3. The third kappa shape index (κ3) is 30.1. The molecule has 0 saturated heterocycles. The lowest BCUT2D eigenvalue weighted by Crippen LogP contribution is -2.61. The average Bonchev–Trinajstić information content (AvgIpc) is 1.15. The molecular formula is C56H81N15O21. The predicted molar refractivity (Wildman–Crippen MR) is 319 cm³/mol. The first-order valence-corrected chi connectivity index (χ1v) is 28.6. The molecule has 36 heteroatoms. The molecular weight excluding hydrogens is 1220 g/mol. The van der Waals surface area contributed by atoms with Gasteiger partial charge in [-0.1, -0.05) is 56.3 Å². The Balaban J connectivity index is 2.48. The molecule has 2 rings (SSSR count). The number of aromatic hydroxyl groups is 1. The summed E-state index contributed by atoms with van der Waals surface area (Å²) in [7, 11) is 0. The van der Waals surface area contributed by atoms with Crippen LogP contribution in [0.4, 0.5) is 0 Å². The van der Waals surface area contributed by atoms with Gasteiger partial charge in [-0.2, -0.15) is 0 Å². The van der Waals surface area contributed by atoms with Gasteiger partial charge in [0.05, 0.1) is 25.5 Å². The van der Waals surface area contributed by atoms with Crippen molar-refractivity contribution in [1.82, 2.24) is 53.2 Å². The van der Waals surface area contributed by atoms with Crippen LogP contribution in [-0.4, -0.2) is 199 Å². The van der Waals surface area contributed by atoms with Gasteiger partial charge in [-0.3, -0.25) is 72.5 Å². The Hall–Kier alpha value is -10.5. The predicted octanol–water partition coefficient (Wildman–Crippen LogP) is -6.40. The van der Waals surface area contributed by atoms with Crippen molar-refractivity contribution < 1.29 is 103 Å². The molecule has 92 heavy (non-hydrogen) atoms. The molecule has 506 valence electrons. The van der Waals surface area contributed by atoms with Gasteiger partial charge in [-0.15, -0.1) is 0 Å². The maximum Gasteiger partial charge on any atom is 0.326 e. The minimum absolute atomic E-state index is 0.0142. The Morgan fingerprint density at radius 3 is 1.29 bits per heavy atom. The second-order valence-corrected chi connectivity index (χ2v) is 21.5. The fraction of sp³-hybridized carbons (Fsp3) is 0.500. The number of carbonyl (C=O) groups excluding carboxylic acids is 11. The van der Waals surface area contributed by atoms with E-state index in [1.54, 1.807) is 19.9 Å². The smallest absolute Gasteiger partial charge is 0.326 e. The van der Waals surface area contributed by atoms with Crippen molar-refractivity contribution in [2.75, 3.05) is 13.2 Å². The summed E-state index contributed by atoms with van der Waals surface area (Å²) >= 11 is 0. The molecule has 36 nitrogen and oxygen atoms in total. The first kappa shape index (κ1) is 77.6. The number of carboxylic acids is 4. The lowest BCUT2D eigenvalue weighted by molar-refractivity contribution is -0.144. The number of rotatable bonds is 43. The number of aliphatic hydroxyl groups is 1. The molecule has 0 bridgehead atoms. The summed E-state index contributed by atoms with van der Waals surface area (Å²) in [6.07, 6.45) is -7.41. The molecule has 10 atom stereocenters.